The first-order chi connectivity index (χ1) is 11.9. The second-order valence-corrected chi connectivity index (χ2v) is 7.01. The van der Waals surface area contributed by atoms with Crippen LogP contribution in [0.5, 0.6) is 0 Å². The summed E-state index contributed by atoms with van der Waals surface area (Å²) in [4.78, 5) is 8.80. The van der Waals surface area contributed by atoms with Crippen LogP contribution >= 0.6 is 11.8 Å². The molecule has 0 amide bonds. The van der Waals surface area contributed by atoms with Crippen LogP contribution in [0, 0.1) is 6.92 Å². The number of pyridine rings is 1. The number of fused-ring (bicyclic) bond motifs is 2. The fraction of sp³-hybridized carbons (Fsp3) is 0.294. The largest absolute Gasteiger partial charge is 0.416 e. The maximum atomic E-state index is 12.9. The molecule has 0 radical (unpaired) electrons. The number of nitrogens with zero attached hydrogens (tertiary/aromatic N) is 3. The SMILES string of the molecule is Cc1cc(NCc2cn3c(n2)SCC3)c2ccc(C(F)(F)F)cc2n1. The highest BCUT2D eigenvalue weighted by atomic mass is 32.2. The van der Waals surface area contributed by atoms with Crippen LogP contribution in [0.25, 0.3) is 10.9 Å². The molecular weight excluding hydrogens is 349 g/mol. The van der Waals surface area contributed by atoms with E-state index in [2.05, 4.69) is 19.9 Å². The summed E-state index contributed by atoms with van der Waals surface area (Å²) in [6.07, 6.45) is -2.36. The number of aromatic nitrogens is 3. The third-order valence-corrected chi connectivity index (χ3v) is 5.05. The first-order valence-electron chi connectivity index (χ1n) is 7.81. The minimum atomic E-state index is -4.37. The first kappa shape index (κ1) is 16.3. The number of benzene rings is 1. The predicted molar refractivity (Wildman–Crippen MR) is 91.8 cm³/mol. The molecule has 1 aromatic carbocycles. The van der Waals surface area contributed by atoms with E-state index >= 15 is 0 Å². The van der Waals surface area contributed by atoms with Crippen molar-refractivity contribution in [3.05, 3.63) is 47.4 Å². The lowest BCUT2D eigenvalue weighted by molar-refractivity contribution is -0.137. The maximum absolute atomic E-state index is 12.9. The predicted octanol–water partition coefficient (Wildman–Crippen LogP) is 4.48. The highest BCUT2D eigenvalue weighted by Gasteiger charge is 2.30. The number of hydrogen-bond acceptors (Lipinski definition) is 4. The number of nitrogens with one attached hydrogen (secondary N) is 1. The number of halogens is 3. The van der Waals surface area contributed by atoms with Crippen LogP contribution in [0.4, 0.5) is 18.9 Å². The van der Waals surface area contributed by atoms with E-state index in [9.17, 15) is 13.2 Å². The first-order valence-corrected chi connectivity index (χ1v) is 8.80. The van der Waals surface area contributed by atoms with E-state index < -0.39 is 11.7 Å². The van der Waals surface area contributed by atoms with Gasteiger partial charge in [-0.1, -0.05) is 17.8 Å². The molecule has 3 heterocycles. The van der Waals surface area contributed by atoms with Crippen molar-refractivity contribution >= 4 is 28.4 Å². The van der Waals surface area contributed by atoms with Gasteiger partial charge >= 0.3 is 6.18 Å². The molecule has 0 spiro atoms. The van der Waals surface area contributed by atoms with Crippen molar-refractivity contribution < 1.29 is 13.2 Å². The molecular formula is C17H15F3N4S. The summed E-state index contributed by atoms with van der Waals surface area (Å²) in [5, 5.41) is 4.97. The molecule has 0 saturated heterocycles. The van der Waals surface area contributed by atoms with Crippen LogP contribution in [0.1, 0.15) is 17.0 Å². The Hall–Kier alpha value is -2.22. The molecule has 1 aliphatic heterocycles. The summed E-state index contributed by atoms with van der Waals surface area (Å²) >= 11 is 1.73. The van der Waals surface area contributed by atoms with Gasteiger partial charge in [0.05, 0.1) is 23.3 Å². The minimum absolute atomic E-state index is 0.334. The smallest absolute Gasteiger partial charge is 0.379 e. The zero-order valence-electron chi connectivity index (χ0n) is 13.4. The van der Waals surface area contributed by atoms with Crippen LogP contribution in [-0.2, 0) is 19.3 Å². The number of aryl methyl sites for hydroxylation is 2. The van der Waals surface area contributed by atoms with E-state index in [0.717, 1.165) is 41.0 Å². The lowest BCUT2D eigenvalue weighted by Crippen LogP contribution is -2.06. The molecule has 0 atom stereocenters. The van der Waals surface area contributed by atoms with Gasteiger partial charge in [0.25, 0.3) is 0 Å². The quantitative estimate of drug-likeness (QED) is 0.744. The van der Waals surface area contributed by atoms with Crippen LogP contribution in [-0.4, -0.2) is 20.3 Å². The Morgan fingerprint density at radius 2 is 2.08 bits per heavy atom. The molecule has 1 N–H and O–H groups in total. The minimum Gasteiger partial charge on any atom is -0.379 e. The Labute approximate surface area is 146 Å². The Bertz CT molecular complexity index is 927. The van der Waals surface area contributed by atoms with Gasteiger partial charge in [-0.3, -0.25) is 4.98 Å². The summed E-state index contributed by atoms with van der Waals surface area (Å²) in [6, 6.07) is 5.49. The van der Waals surface area contributed by atoms with Crippen LogP contribution < -0.4 is 5.32 Å². The van der Waals surface area contributed by atoms with Crippen LogP contribution in [0.3, 0.4) is 0 Å². The summed E-state index contributed by atoms with van der Waals surface area (Å²) in [6.45, 7) is 3.25. The van der Waals surface area contributed by atoms with Gasteiger partial charge in [0.1, 0.15) is 0 Å². The van der Waals surface area contributed by atoms with Crippen molar-refractivity contribution in [3.63, 3.8) is 0 Å². The van der Waals surface area contributed by atoms with Crippen molar-refractivity contribution in [1.82, 2.24) is 14.5 Å². The Kier molecular flexibility index (Phi) is 3.87. The molecule has 0 aliphatic carbocycles. The summed E-state index contributed by atoms with van der Waals surface area (Å²) in [5.74, 6) is 1.05. The van der Waals surface area contributed by atoms with E-state index in [-0.39, 0.29) is 0 Å². The molecule has 4 rings (SSSR count). The lowest BCUT2D eigenvalue weighted by Gasteiger charge is -2.12. The number of imidazole rings is 1. The average Bonchev–Trinajstić information content (AvgIpc) is 3.12. The van der Waals surface area contributed by atoms with E-state index in [4.69, 9.17) is 0 Å². The monoisotopic (exact) mass is 364 g/mol. The Morgan fingerprint density at radius 1 is 1.24 bits per heavy atom. The van der Waals surface area contributed by atoms with Crippen LogP contribution in [0.2, 0.25) is 0 Å². The number of anilines is 1. The van der Waals surface area contributed by atoms with E-state index in [1.54, 1.807) is 18.7 Å². The van der Waals surface area contributed by atoms with Crippen LogP contribution in [0.15, 0.2) is 35.6 Å². The third kappa shape index (κ3) is 3.18. The van der Waals surface area contributed by atoms with E-state index in [1.165, 1.54) is 6.07 Å². The average molecular weight is 364 g/mol. The van der Waals surface area contributed by atoms with E-state index in [1.807, 2.05) is 12.3 Å². The lowest BCUT2D eigenvalue weighted by atomic mass is 10.1. The highest BCUT2D eigenvalue weighted by molar-refractivity contribution is 7.99. The molecule has 3 aromatic rings. The molecule has 2 aromatic heterocycles. The molecule has 0 unspecified atom stereocenters. The Balaban J connectivity index is 1.64. The fourth-order valence-electron chi connectivity index (χ4n) is 2.92. The molecule has 0 fully saturated rings. The van der Waals surface area contributed by atoms with Gasteiger partial charge in [-0.25, -0.2) is 4.98 Å². The maximum Gasteiger partial charge on any atom is 0.416 e. The van der Waals surface area contributed by atoms with Gasteiger partial charge in [-0.15, -0.1) is 0 Å². The van der Waals surface area contributed by atoms with Crippen molar-refractivity contribution in [2.75, 3.05) is 11.1 Å². The van der Waals surface area contributed by atoms with Crippen molar-refractivity contribution in [2.24, 2.45) is 0 Å². The second-order valence-electron chi connectivity index (χ2n) is 5.95. The number of alkyl halides is 3. The fourth-order valence-corrected chi connectivity index (χ4v) is 3.88. The highest BCUT2D eigenvalue weighted by Crippen LogP contribution is 2.33. The molecule has 4 nitrogen and oxygen atoms in total. The number of rotatable bonds is 3. The Morgan fingerprint density at radius 3 is 2.84 bits per heavy atom. The van der Waals surface area contributed by atoms with Gasteiger partial charge in [0, 0.05) is 35.3 Å². The van der Waals surface area contributed by atoms with E-state index in [0.29, 0.717) is 23.1 Å². The van der Waals surface area contributed by atoms with Gasteiger partial charge in [-0.05, 0) is 25.1 Å². The molecule has 8 heteroatoms. The summed E-state index contributed by atoms with van der Waals surface area (Å²) in [7, 11) is 0. The number of thioether (sulfide) groups is 1. The molecule has 0 saturated carbocycles. The molecule has 130 valence electrons. The van der Waals surface area contributed by atoms with Crippen molar-refractivity contribution in [3.8, 4) is 0 Å². The third-order valence-electron chi connectivity index (χ3n) is 4.08. The normalized spacial score (nSPS) is 14.1. The molecule has 1 aliphatic rings. The topological polar surface area (TPSA) is 42.7 Å². The van der Waals surface area contributed by atoms with Gasteiger partial charge in [-0.2, -0.15) is 13.2 Å². The molecule has 0 bridgehead atoms. The van der Waals surface area contributed by atoms with Crippen molar-refractivity contribution in [1.29, 1.82) is 0 Å². The van der Waals surface area contributed by atoms with Crippen molar-refractivity contribution in [2.45, 2.75) is 31.3 Å². The zero-order chi connectivity index (χ0) is 17.6. The second kappa shape index (κ2) is 5.94. The standard InChI is InChI=1S/C17H15F3N4S/c1-10-6-14(21-8-12-9-24-4-5-25-16(24)23-12)13-3-2-11(17(18,19)20)7-15(13)22-10/h2-3,6-7,9H,4-5,8H2,1H3,(H,21,22). The summed E-state index contributed by atoms with van der Waals surface area (Å²) in [5.41, 5.74) is 1.98. The number of hydrogen-bond donors (Lipinski definition) is 1. The zero-order valence-corrected chi connectivity index (χ0v) is 14.2. The van der Waals surface area contributed by atoms with Gasteiger partial charge < -0.3 is 9.88 Å². The van der Waals surface area contributed by atoms with Gasteiger partial charge in [0.15, 0.2) is 5.16 Å². The molecule has 25 heavy (non-hydrogen) atoms. The summed E-state index contributed by atoms with van der Waals surface area (Å²) < 4.78 is 40.8. The van der Waals surface area contributed by atoms with Gasteiger partial charge in [0.2, 0.25) is 0 Å².